The number of nitrogens with zero attached hydrogens (tertiary/aromatic N) is 2. The summed E-state index contributed by atoms with van der Waals surface area (Å²) in [6, 6.07) is 9.00. The molecule has 1 atom stereocenters. The molecular weight excluding hydrogens is 321 g/mol. The van der Waals surface area contributed by atoms with E-state index in [0.29, 0.717) is 10.0 Å². The van der Waals surface area contributed by atoms with Gasteiger partial charge < -0.3 is 10.2 Å². The Bertz CT molecular complexity index is 748. The number of carbonyl (C=O) groups excluding carboxylic acids is 1. The predicted octanol–water partition coefficient (Wildman–Crippen LogP) is 3.68. The van der Waals surface area contributed by atoms with Crippen molar-refractivity contribution >= 4 is 34.8 Å². The molecule has 1 unspecified atom stereocenters. The number of halogens is 2. The van der Waals surface area contributed by atoms with Gasteiger partial charge in [-0.3, -0.25) is 9.78 Å². The van der Waals surface area contributed by atoms with E-state index in [1.54, 1.807) is 36.5 Å². The molecule has 1 aromatic carbocycles. The molecule has 112 valence electrons. The van der Waals surface area contributed by atoms with Gasteiger partial charge in [0, 0.05) is 36.8 Å². The summed E-state index contributed by atoms with van der Waals surface area (Å²) in [5, 5.41) is 4.28. The highest BCUT2D eigenvalue weighted by Gasteiger charge is 2.40. The Balaban J connectivity index is 2.06. The van der Waals surface area contributed by atoms with Gasteiger partial charge in [-0.15, -0.1) is 0 Å². The zero-order valence-corrected chi connectivity index (χ0v) is 13.3. The van der Waals surface area contributed by atoms with Crippen LogP contribution >= 0.6 is 23.2 Å². The highest BCUT2D eigenvalue weighted by atomic mass is 35.5. The van der Waals surface area contributed by atoms with Crippen LogP contribution in [0.1, 0.15) is 5.56 Å². The van der Waals surface area contributed by atoms with E-state index in [0.717, 1.165) is 11.3 Å². The number of aromatic nitrogens is 1. The summed E-state index contributed by atoms with van der Waals surface area (Å²) >= 11 is 12.0. The molecule has 0 saturated heterocycles. The van der Waals surface area contributed by atoms with Crippen molar-refractivity contribution in [2.24, 2.45) is 0 Å². The predicted molar refractivity (Wildman–Crippen MR) is 87.9 cm³/mol. The van der Waals surface area contributed by atoms with Crippen LogP contribution in [-0.4, -0.2) is 22.8 Å². The maximum atomic E-state index is 12.0. The molecule has 22 heavy (non-hydrogen) atoms. The first kappa shape index (κ1) is 14.9. The molecule has 1 aliphatic heterocycles. The normalized spacial score (nSPS) is 20.5. The zero-order valence-electron chi connectivity index (χ0n) is 11.8. The van der Waals surface area contributed by atoms with E-state index in [2.05, 4.69) is 10.3 Å². The Morgan fingerprint density at radius 3 is 2.64 bits per heavy atom. The van der Waals surface area contributed by atoms with Crippen LogP contribution < -0.4 is 5.32 Å². The molecule has 2 heterocycles. The average molecular weight is 334 g/mol. The summed E-state index contributed by atoms with van der Waals surface area (Å²) in [5.74, 6) is -0.0867. The number of rotatable bonds is 3. The molecule has 0 radical (unpaired) electrons. The van der Waals surface area contributed by atoms with Crippen molar-refractivity contribution < 1.29 is 4.79 Å². The first-order valence-electron chi connectivity index (χ1n) is 6.64. The van der Waals surface area contributed by atoms with Crippen molar-refractivity contribution in [3.63, 3.8) is 0 Å². The molecule has 1 aromatic heterocycles. The standard InChI is InChI=1S/C16H13Cl2N3O/c1-21-15(22)6-7-16(21,11-3-2-8-19-10-11)20-12-4-5-13(17)14(18)9-12/h2-10,20H,1H3. The van der Waals surface area contributed by atoms with Crippen LogP contribution in [0.2, 0.25) is 10.0 Å². The summed E-state index contributed by atoms with van der Waals surface area (Å²) in [6.07, 6.45) is 6.77. The second-order valence-electron chi connectivity index (χ2n) is 4.99. The second-order valence-corrected chi connectivity index (χ2v) is 5.81. The van der Waals surface area contributed by atoms with Crippen LogP contribution in [-0.2, 0) is 10.5 Å². The summed E-state index contributed by atoms with van der Waals surface area (Å²) in [7, 11) is 1.74. The fraction of sp³-hybridized carbons (Fsp3) is 0.125. The van der Waals surface area contributed by atoms with E-state index < -0.39 is 5.66 Å². The van der Waals surface area contributed by atoms with Gasteiger partial charge in [-0.05, 0) is 30.3 Å². The Labute approximate surface area is 138 Å². The van der Waals surface area contributed by atoms with Crippen LogP contribution in [0.25, 0.3) is 0 Å². The van der Waals surface area contributed by atoms with Gasteiger partial charge in [-0.2, -0.15) is 0 Å². The van der Waals surface area contributed by atoms with Gasteiger partial charge in [-0.1, -0.05) is 29.3 Å². The summed E-state index contributed by atoms with van der Waals surface area (Å²) < 4.78 is 0. The smallest absolute Gasteiger partial charge is 0.248 e. The molecular formula is C16H13Cl2N3O. The van der Waals surface area contributed by atoms with E-state index >= 15 is 0 Å². The first-order valence-corrected chi connectivity index (χ1v) is 7.39. The van der Waals surface area contributed by atoms with Gasteiger partial charge >= 0.3 is 0 Å². The molecule has 0 saturated carbocycles. The number of carbonyl (C=O) groups is 1. The quantitative estimate of drug-likeness (QED) is 0.931. The Hall–Kier alpha value is -2.04. The van der Waals surface area contributed by atoms with Crippen molar-refractivity contribution in [3.05, 3.63) is 70.5 Å². The number of hydrogen-bond donors (Lipinski definition) is 1. The molecule has 1 aliphatic rings. The lowest BCUT2D eigenvalue weighted by molar-refractivity contribution is -0.126. The van der Waals surface area contributed by atoms with Gasteiger partial charge in [-0.25, -0.2) is 0 Å². The Morgan fingerprint density at radius 2 is 2.05 bits per heavy atom. The van der Waals surface area contributed by atoms with E-state index in [-0.39, 0.29) is 5.91 Å². The third kappa shape index (κ3) is 2.45. The first-order chi connectivity index (χ1) is 10.5. The van der Waals surface area contributed by atoms with E-state index in [9.17, 15) is 4.79 Å². The maximum absolute atomic E-state index is 12.0. The molecule has 0 fully saturated rings. The van der Waals surface area contributed by atoms with Gasteiger partial charge in [0.15, 0.2) is 5.66 Å². The summed E-state index contributed by atoms with van der Waals surface area (Å²) in [6.45, 7) is 0. The third-order valence-corrected chi connectivity index (χ3v) is 4.42. The molecule has 0 aliphatic carbocycles. The SMILES string of the molecule is CN1C(=O)C=CC1(Nc1ccc(Cl)c(Cl)c1)c1cccnc1. The fourth-order valence-corrected chi connectivity index (χ4v) is 2.76. The van der Waals surface area contributed by atoms with Crippen LogP contribution in [0.4, 0.5) is 5.69 Å². The zero-order chi connectivity index (χ0) is 15.7. The summed E-state index contributed by atoms with van der Waals surface area (Å²) in [4.78, 5) is 17.8. The lowest BCUT2D eigenvalue weighted by Crippen LogP contribution is -2.47. The lowest BCUT2D eigenvalue weighted by Gasteiger charge is -2.37. The van der Waals surface area contributed by atoms with Crippen molar-refractivity contribution in [2.45, 2.75) is 5.66 Å². The number of pyridine rings is 1. The fourth-order valence-electron chi connectivity index (χ4n) is 2.46. The summed E-state index contributed by atoms with van der Waals surface area (Å²) in [5.41, 5.74) is 0.804. The molecule has 1 amide bonds. The minimum Gasteiger partial charge on any atom is -0.355 e. The Kier molecular flexibility index (Phi) is 3.81. The second kappa shape index (κ2) is 5.63. The van der Waals surface area contributed by atoms with Crippen molar-refractivity contribution in [3.8, 4) is 0 Å². The largest absolute Gasteiger partial charge is 0.355 e. The number of benzene rings is 1. The minimum absolute atomic E-state index is 0.0867. The van der Waals surface area contributed by atoms with Crippen molar-refractivity contribution in [2.75, 3.05) is 12.4 Å². The highest BCUT2D eigenvalue weighted by Crippen LogP contribution is 2.36. The van der Waals surface area contributed by atoms with Crippen LogP contribution in [0.3, 0.4) is 0 Å². The molecule has 0 spiro atoms. The number of anilines is 1. The topological polar surface area (TPSA) is 45.2 Å². The average Bonchev–Trinajstić information content (AvgIpc) is 2.81. The van der Waals surface area contributed by atoms with Crippen LogP contribution in [0, 0.1) is 0 Å². The number of hydrogen-bond acceptors (Lipinski definition) is 3. The van der Waals surface area contributed by atoms with Crippen LogP contribution in [0.15, 0.2) is 54.9 Å². The van der Waals surface area contributed by atoms with Gasteiger partial charge in [0.2, 0.25) is 5.91 Å². The molecule has 2 aromatic rings. The number of nitrogens with one attached hydrogen (secondary N) is 1. The number of amides is 1. The van der Waals surface area contributed by atoms with Gasteiger partial charge in [0.25, 0.3) is 0 Å². The van der Waals surface area contributed by atoms with E-state index in [1.807, 2.05) is 24.3 Å². The van der Waals surface area contributed by atoms with Gasteiger partial charge in [0.1, 0.15) is 0 Å². The molecule has 4 nitrogen and oxygen atoms in total. The minimum atomic E-state index is -0.803. The van der Waals surface area contributed by atoms with Gasteiger partial charge in [0.05, 0.1) is 10.0 Å². The molecule has 3 rings (SSSR count). The Morgan fingerprint density at radius 1 is 1.23 bits per heavy atom. The molecule has 6 heteroatoms. The maximum Gasteiger partial charge on any atom is 0.248 e. The van der Waals surface area contributed by atoms with E-state index in [4.69, 9.17) is 23.2 Å². The monoisotopic (exact) mass is 333 g/mol. The molecule has 1 N–H and O–H groups in total. The number of likely N-dealkylation sites (N-methyl/N-ethyl adjacent to an activating group) is 1. The van der Waals surface area contributed by atoms with Crippen molar-refractivity contribution in [1.82, 2.24) is 9.88 Å². The van der Waals surface area contributed by atoms with Crippen LogP contribution in [0.5, 0.6) is 0 Å². The third-order valence-electron chi connectivity index (χ3n) is 3.68. The highest BCUT2D eigenvalue weighted by molar-refractivity contribution is 6.42. The molecule has 0 bridgehead atoms. The van der Waals surface area contributed by atoms with E-state index in [1.165, 1.54) is 6.08 Å². The van der Waals surface area contributed by atoms with Crippen molar-refractivity contribution in [1.29, 1.82) is 0 Å². The lowest BCUT2D eigenvalue weighted by atomic mass is 10.0.